The fourth-order valence-electron chi connectivity index (χ4n) is 1.60. The highest BCUT2D eigenvalue weighted by atomic mass is 19.1. The van der Waals surface area contributed by atoms with Crippen LogP contribution in [0.25, 0.3) is 11.3 Å². The lowest BCUT2D eigenvalue weighted by Crippen LogP contribution is -1.96. The van der Waals surface area contributed by atoms with Gasteiger partial charge in [-0.25, -0.2) is 4.39 Å². The van der Waals surface area contributed by atoms with Crippen LogP contribution in [0.1, 0.15) is 12.5 Å². The highest BCUT2D eigenvalue weighted by molar-refractivity contribution is 5.63. The van der Waals surface area contributed by atoms with Crippen LogP contribution in [0.2, 0.25) is 0 Å². The van der Waals surface area contributed by atoms with E-state index < -0.39 is 0 Å². The highest BCUT2D eigenvalue weighted by Crippen LogP contribution is 2.24. The lowest BCUT2D eigenvalue weighted by Gasteiger charge is -2.02. The Balaban J connectivity index is 2.54. The van der Waals surface area contributed by atoms with E-state index in [0.717, 1.165) is 12.0 Å². The highest BCUT2D eigenvalue weighted by Gasteiger charge is 2.10. The average Bonchev–Trinajstić information content (AvgIpc) is 2.60. The fraction of sp³-hybridized carbons (Fsp3) is 0.250. The number of hydrogen-bond donors (Lipinski definition) is 1. The van der Waals surface area contributed by atoms with Gasteiger partial charge in [0.2, 0.25) is 0 Å². The summed E-state index contributed by atoms with van der Waals surface area (Å²) < 4.78 is 15.2. The molecule has 84 valence electrons. The Morgan fingerprint density at radius 2 is 2.12 bits per heavy atom. The molecule has 0 spiro atoms. The first-order chi connectivity index (χ1) is 7.61. The predicted molar refractivity (Wildman–Crippen MR) is 62.4 cm³/mol. The summed E-state index contributed by atoms with van der Waals surface area (Å²) in [5, 5.41) is 4.17. The molecular weight excluding hydrogens is 205 g/mol. The Morgan fingerprint density at radius 3 is 2.69 bits per heavy atom. The van der Waals surface area contributed by atoms with Gasteiger partial charge in [0.15, 0.2) is 0 Å². The van der Waals surface area contributed by atoms with Crippen LogP contribution < -0.4 is 5.73 Å². The zero-order valence-electron chi connectivity index (χ0n) is 9.37. The third kappa shape index (κ3) is 1.78. The number of benzene rings is 1. The summed E-state index contributed by atoms with van der Waals surface area (Å²) in [6.07, 6.45) is 0.871. The standard InChI is InChI=1S/C12H14FN3/c1-3-8-4-5-10(13)9(6-8)11-7-12(14)16(2)15-11/h4-7H,3,14H2,1-2H3. The van der Waals surface area contributed by atoms with Crippen molar-refractivity contribution in [3.8, 4) is 11.3 Å². The number of aromatic nitrogens is 2. The third-order valence-corrected chi connectivity index (χ3v) is 2.63. The number of aryl methyl sites for hydroxylation is 2. The molecule has 0 saturated carbocycles. The van der Waals surface area contributed by atoms with Crippen LogP contribution in [0.5, 0.6) is 0 Å². The zero-order chi connectivity index (χ0) is 11.7. The number of halogens is 1. The molecule has 1 aromatic carbocycles. The van der Waals surface area contributed by atoms with E-state index >= 15 is 0 Å². The van der Waals surface area contributed by atoms with Gasteiger partial charge in [-0.1, -0.05) is 13.0 Å². The smallest absolute Gasteiger partial charge is 0.132 e. The first kappa shape index (κ1) is 10.7. The molecule has 0 aliphatic rings. The first-order valence-electron chi connectivity index (χ1n) is 5.20. The molecule has 0 atom stereocenters. The van der Waals surface area contributed by atoms with Crippen molar-refractivity contribution in [2.45, 2.75) is 13.3 Å². The van der Waals surface area contributed by atoms with E-state index in [1.807, 2.05) is 13.0 Å². The normalized spacial score (nSPS) is 10.7. The van der Waals surface area contributed by atoms with Crippen molar-refractivity contribution in [3.05, 3.63) is 35.6 Å². The molecule has 0 aliphatic heterocycles. The molecule has 0 amide bonds. The summed E-state index contributed by atoms with van der Waals surface area (Å²) in [5.74, 6) is 0.256. The third-order valence-electron chi connectivity index (χ3n) is 2.63. The van der Waals surface area contributed by atoms with Crippen molar-refractivity contribution >= 4 is 5.82 Å². The molecule has 3 nitrogen and oxygen atoms in total. The molecule has 2 rings (SSSR count). The van der Waals surface area contributed by atoms with Crippen LogP contribution in [-0.4, -0.2) is 9.78 Å². The summed E-state index contributed by atoms with van der Waals surface area (Å²) in [4.78, 5) is 0. The topological polar surface area (TPSA) is 43.8 Å². The van der Waals surface area contributed by atoms with Crippen molar-refractivity contribution in [3.63, 3.8) is 0 Å². The summed E-state index contributed by atoms with van der Waals surface area (Å²) >= 11 is 0. The minimum absolute atomic E-state index is 0.268. The lowest BCUT2D eigenvalue weighted by atomic mass is 10.1. The van der Waals surface area contributed by atoms with Gasteiger partial charge >= 0.3 is 0 Å². The maximum absolute atomic E-state index is 13.6. The Morgan fingerprint density at radius 1 is 1.38 bits per heavy atom. The number of rotatable bonds is 2. The number of nitrogens with two attached hydrogens (primary N) is 1. The first-order valence-corrected chi connectivity index (χ1v) is 5.20. The SMILES string of the molecule is CCc1ccc(F)c(-c2cc(N)n(C)n2)c1. The van der Waals surface area contributed by atoms with Crippen LogP contribution >= 0.6 is 0 Å². The van der Waals surface area contributed by atoms with Gasteiger partial charge in [-0.15, -0.1) is 0 Å². The summed E-state index contributed by atoms with van der Waals surface area (Å²) in [5.41, 5.74) is 7.84. The van der Waals surface area contributed by atoms with Crippen molar-refractivity contribution < 1.29 is 4.39 Å². The van der Waals surface area contributed by atoms with Gasteiger partial charge in [-0.05, 0) is 24.1 Å². The number of nitrogens with zero attached hydrogens (tertiary/aromatic N) is 2. The van der Waals surface area contributed by atoms with Crippen LogP contribution in [0.3, 0.4) is 0 Å². The molecule has 2 aromatic rings. The number of anilines is 1. The van der Waals surface area contributed by atoms with Gasteiger partial charge in [0.1, 0.15) is 11.6 Å². The molecular formula is C12H14FN3. The largest absolute Gasteiger partial charge is 0.384 e. The van der Waals surface area contributed by atoms with E-state index in [1.165, 1.54) is 10.7 Å². The van der Waals surface area contributed by atoms with E-state index in [-0.39, 0.29) is 5.82 Å². The summed E-state index contributed by atoms with van der Waals surface area (Å²) in [6.45, 7) is 2.03. The van der Waals surface area contributed by atoms with Gasteiger partial charge in [-0.3, -0.25) is 4.68 Å². The second kappa shape index (κ2) is 3.96. The molecule has 0 bridgehead atoms. The Kier molecular flexibility index (Phi) is 2.64. The monoisotopic (exact) mass is 219 g/mol. The maximum Gasteiger partial charge on any atom is 0.132 e. The molecule has 16 heavy (non-hydrogen) atoms. The zero-order valence-corrected chi connectivity index (χ0v) is 9.37. The summed E-state index contributed by atoms with van der Waals surface area (Å²) in [6, 6.07) is 6.75. The number of hydrogen-bond acceptors (Lipinski definition) is 2. The van der Waals surface area contributed by atoms with Crippen molar-refractivity contribution in [2.24, 2.45) is 7.05 Å². The lowest BCUT2D eigenvalue weighted by molar-refractivity contribution is 0.629. The van der Waals surface area contributed by atoms with Crippen molar-refractivity contribution in [2.75, 3.05) is 5.73 Å². The van der Waals surface area contributed by atoms with Crippen molar-refractivity contribution in [1.82, 2.24) is 9.78 Å². The molecule has 1 aromatic heterocycles. The fourth-order valence-corrected chi connectivity index (χ4v) is 1.60. The van der Waals surface area contributed by atoms with Gasteiger partial charge in [-0.2, -0.15) is 5.10 Å². The van der Waals surface area contributed by atoms with E-state index in [4.69, 9.17) is 5.73 Å². The molecule has 0 radical (unpaired) electrons. The Bertz CT molecular complexity index is 497. The molecule has 0 unspecified atom stereocenters. The van der Waals surface area contributed by atoms with Crippen LogP contribution in [0.4, 0.5) is 10.2 Å². The quantitative estimate of drug-likeness (QED) is 0.842. The molecule has 1 heterocycles. The van der Waals surface area contributed by atoms with Gasteiger partial charge in [0.25, 0.3) is 0 Å². The second-order valence-corrected chi connectivity index (χ2v) is 3.75. The van der Waals surface area contributed by atoms with Crippen LogP contribution in [0.15, 0.2) is 24.3 Å². The minimum Gasteiger partial charge on any atom is -0.384 e. The van der Waals surface area contributed by atoms with Crippen LogP contribution in [0, 0.1) is 5.82 Å². The summed E-state index contributed by atoms with van der Waals surface area (Å²) in [7, 11) is 1.74. The number of nitrogen functional groups attached to an aromatic ring is 1. The minimum atomic E-state index is -0.268. The van der Waals surface area contributed by atoms with Gasteiger partial charge in [0.05, 0.1) is 5.69 Å². The molecule has 0 fully saturated rings. The molecule has 4 heteroatoms. The van der Waals surface area contributed by atoms with E-state index in [1.54, 1.807) is 19.2 Å². The average molecular weight is 219 g/mol. The van der Waals surface area contributed by atoms with Gasteiger partial charge < -0.3 is 5.73 Å². The molecule has 0 saturated heterocycles. The van der Waals surface area contributed by atoms with E-state index in [9.17, 15) is 4.39 Å². The van der Waals surface area contributed by atoms with E-state index in [2.05, 4.69) is 5.10 Å². The van der Waals surface area contributed by atoms with Crippen LogP contribution in [-0.2, 0) is 13.5 Å². The predicted octanol–water partition coefficient (Wildman–Crippen LogP) is 2.37. The van der Waals surface area contributed by atoms with Crippen molar-refractivity contribution in [1.29, 1.82) is 0 Å². The van der Waals surface area contributed by atoms with E-state index in [0.29, 0.717) is 17.1 Å². The maximum atomic E-state index is 13.6. The van der Waals surface area contributed by atoms with Gasteiger partial charge in [0, 0.05) is 18.7 Å². The Labute approximate surface area is 93.7 Å². The molecule has 0 aliphatic carbocycles. The molecule has 2 N–H and O–H groups in total. The Hall–Kier alpha value is -1.84. The second-order valence-electron chi connectivity index (χ2n) is 3.75.